The van der Waals surface area contributed by atoms with Crippen LogP contribution < -0.4 is 0 Å². The second kappa shape index (κ2) is 7.21. The number of nitrogens with zero attached hydrogens (tertiary/aromatic N) is 1. The van der Waals surface area contributed by atoms with Crippen molar-refractivity contribution >= 4 is 11.9 Å². The van der Waals surface area contributed by atoms with Crippen molar-refractivity contribution in [3.05, 3.63) is 65.2 Å². The van der Waals surface area contributed by atoms with E-state index in [2.05, 4.69) is 70.2 Å². The van der Waals surface area contributed by atoms with Crippen LogP contribution in [0, 0.1) is 0 Å². The van der Waals surface area contributed by atoms with Gasteiger partial charge in [0.2, 0.25) is 0 Å². The molecule has 2 aromatic rings. The Morgan fingerprint density at radius 2 is 1.38 bits per heavy atom. The highest BCUT2D eigenvalue weighted by atomic mass is 14.7. The van der Waals surface area contributed by atoms with E-state index in [1.54, 1.807) is 0 Å². The second-order valence-electron chi connectivity index (χ2n) is 6.10. The van der Waals surface area contributed by atoms with Crippen molar-refractivity contribution in [2.45, 2.75) is 46.0 Å². The Hall–Kier alpha value is -1.89. The molecule has 0 fully saturated rings. The van der Waals surface area contributed by atoms with Gasteiger partial charge in [0, 0.05) is 12.6 Å². The molecule has 0 aliphatic carbocycles. The Morgan fingerprint density at radius 1 is 0.810 bits per heavy atom. The van der Waals surface area contributed by atoms with E-state index in [0.717, 1.165) is 6.42 Å². The van der Waals surface area contributed by atoms with Crippen LogP contribution in [0.4, 0.5) is 5.69 Å². The van der Waals surface area contributed by atoms with Gasteiger partial charge in [-0.2, -0.15) is 0 Å². The molecule has 0 unspecified atom stereocenters. The fourth-order valence-corrected chi connectivity index (χ4v) is 2.52. The topological polar surface area (TPSA) is 12.4 Å². The van der Waals surface area contributed by atoms with Gasteiger partial charge in [-0.15, -0.1) is 0 Å². The first-order valence-corrected chi connectivity index (χ1v) is 7.79. The number of rotatable bonds is 5. The standard InChI is InChI=1S/C20H25N/c1-15(2)18-11-8-12-19(16(3)4)20(18)21-14-13-17-9-6-5-7-10-17/h5-12,14-16H,13H2,1-4H3/b21-14+. The minimum absolute atomic E-state index is 0.493. The van der Waals surface area contributed by atoms with E-state index in [-0.39, 0.29) is 0 Å². The van der Waals surface area contributed by atoms with Crippen LogP contribution in [0.1, 0.15) is 56.2 Å². The fraction of sp³-hybridized carbons (Fsp3) is 0.350. The first-order valence-electron chi connectivity index (χ1n) is 7.79. The van der Waals surface area contributed by atoms with Crippen LogP contribution in [0.15, 0.2) is 53.5 Å². The van der Waals surface area contributed by atoms with E-state index in [4.69, 9.17) is 4.99 Å². The molecule has 0 amide bonds. The Kier molecular flexibility index (Phi) is 5.32. The molecule has 0 aliphatic heterocycles. The highest BCUT2D eigenvalue weighted by molar-refractivity contribution is 5.69. The van der Waals surface area contributed by atoms with Gasteiger partial charge in [-0.1, -0.05) is 76.2 Å². The van der Waals surface area contributed by atoms with Gasteiger partial charge in [0.05, 0.1) is 5.69 Å². The lowest BCUT2D eigenvalue weighted by molar-refractivity contribution is 0.835. The largest absolute Gasteiger partial charge is 0.260 e. The van der Waals surface area contributed by atoms with Gasteiger partial charge in [0.15, 0.2) is 0 Å². The lowest BCUT2D eigenvalue weighted by atomic mass is 9.93. The third-order valence-electron chi connectivity index (χ3n) is 3.73. The highest BCUT2D eigenvalue weighted by Gasteiger charge is 2.12. The number of aliphatic imine (C=N–C) groups is 1. The predicted molar refractivity (Wildman–Crippen MR) is 92.9 cm³/mol. The Bertz CT molecular complexity index is 568. The molecule has 0 N–H and O–H groups in total. The molecule has 1 nitrogen and oxygen atoms in total. The van der Waals surface area contributed by atoms with Crippen LogP contribution >= 0.6 is 0 Å². The molecule has 21 heavy (non-hydrogen) atoms. The van der Waals surface area contributed by atoms with Gasteiger partial charge in [0.25, 0.3) is 0 Å². The molecule has 0 bridgehead atoms. The van der Waals surface area contributed by atoms with Crippen LogP contribution in [0.3, 0.4) is 0 Å². The molecule has 0 saturated carbocycles. The Morgan fingerprint density at radius 3 is 1.90 bits per heavy atom. The SMILES string of the molecule is CC(C)c1cccc(C(C)C)c1/N=C/Cc1ccccc1. The molecular formula is C20H25N. The number of hydrogen-bond donors (Lipinski definition) is 0. The minimum Gasteiger partial charge on any atom is -0.260 e. The zero-order chi connectivity index (χ0) is 15.2. The van der Waals surface area contributed by atoms with Crippen molar-refractivity contribution in [3.8, 4) is 0 Å². The Labute approximate surface area is 128 Å². The summed E-state index contributed by atoms with van der Waals surface area (Å²) in [6, 6.07) is 17.0. The fourth-order valence-electron chi connectivity index (χ4n) is 2.52. The quantitative estimate of drug-likeness (QED) is 0.606. The summed E-state index contributed by atoms with van der Waals surface area (Å²) in [6.07, 6.45) is 2.92. The van der Waals surface area contributed by atoms with Crippen LogP contribution in [-0.4, -0.2) is 6.21 Å². The van der Waals surface area contributed by atoms with E-state index >= 15 is 0 Å². The molecule has 0 aromatic heterocycles. The van der Waals surface area contributed by atoms with E-state index in [1.807, 2.05) is 12.3 Å². The van der Waals surface area contributed by atoms with Crippen LogP contribution in [0.2, 0.25) is 0 Å². The summed E-state index contributed by atoms with van der Waals surface area (Å²) in [5.74, 6) is 0.986. The normalized spacial score (nSPS) is 11.7. The van der Waals surface area contributed by atoms with Crippen molar-refractivity contribution in [1.82, 2.24) is 0 Å². The predicted octanol–water partition coefficient (Wildman–Crippen LogP) is 5.88. The van der Waals surface area contributed by atoms with Crippen molar-refractivity contribution in [2.24, 2.45) is 4.99 Å². The van der Waals surface area contributed by atoms with E-state index in [0.29, 0.717) is 11.8 Å². The molecule has 0 spiro atoms. The first-order chi connectivity index (χ1) is 10.1. The maximum absolute atomic E-state index is 4.82. The van der Waals surface area contributed by atoms with Gasteiger partial charge in [-0.3, -0.25) is 4.99 Å². The summed E-state index contributed by atoms with van der Waals surface area (Å²) < 4.78 is 0. The highest BCUT2D eigenvalue weighted by Crippen LogP contribution is 2.34. The lowest BCUT2D eigenvalue weighted by Gasteiger charge is -2.16. The van der Waals surface area contributed by atoms with Gasteiger partial charge in [-0.25, -0.2) is 0 Å². The average molecular weight is 279 g/mol. The van der Waals surface area contributed by atoms with Gasteiger partial charge < -0.3 is 0 Å². The number of hydrogen-bond acceptors (Lipinski definition) is 1. The van der Waals surface area contributed by atoms with E-state index < -0.39 is 0 Å². The van der Waals surface area contributed by atoms with Crippen LogP contribution in [0.25, 0.3) is 0 Å². The van der Waals surface area contributed by atoms with Crippen LogP contribution in [-0.2, 0) is 6.42 Å². The molecule has 0 heterocycles. The molecular weight excluding hydrogens is 254 g/mol. The summed E-state index contributed by atoms with van der Waals surface area (Å²) in [5, 5.41) is 0. The molecule has 1 heteroatoms. The van der Waals surface area contributed by atoms with Gasteiger partial charge >= 0.3 is 0 Å². The molecule has 0 atom stereocenters. The zero-order valence-corrected chi connectivity index (χ0v) is 13.5. The average Bonchev–Trinajstić information content (AvgIpc) is 2.48. The zero-order valence-electron chi connectivity index (χ0n) is 13.5. The van der Waals surface area contributed by atoms with Crippen molar-refractivity contribution in [2.75, 3.05) is 0 Å². The Balaban J connectivity index is 2.29. The van der Waals surface area contributed by atoms with Gasteiger partial charge in [0.1, 0.15) is 0 Å². The third-order valence-corrected chi connectivity index (χ3v) is 3.73. The maximum atomic E-state index is 4.82. The summed E-state index contributed by atoms with van der Waals surface area (Å²) in [4.78, 5) is 4.82. The minimum atomic E-state index is 0.493. The summed E-state index contributed by atoms with van der Waals surface area (Å²) >= 11 is 0. The van der Waals surface area contributed by atoms with E-state index in [9.17, 15) is 0 Å². The lowest BCUT2D eigenvalue weighted by Crippen LogP contribution is -1.96. The molecule has 0 aliphatic rings. The molecule has 110 valence electrons. The molecule has 0 saturated heterocycles. The van der Waals surface area contributed by atoms with E-state index in [1.165, 1.54) is 22.4 Å². The monoisotopic (exact) mass is 279 g/mol. The number of benzene rings is 2. The molecule has 0 radical (unpaired) electrons. The van der Waals surface area contributed by atoms with Crippen molar-refractivity contribution < 1.29 is 0 Å². The summed E-state index contributed by atoms with van der Waals surface area (Å²) in [7, 11) is 0. The first kappa shape index (κ1) is 15.5. The summed E-state index contributed by atoms with van der Waals surface area (Å²) in [5.41, 5.74) is 5.14. The molecule has 2 rings (SSSR count). The summed E-state index contributed by atoms with van der Waals surface area (Å²) in [6.45, 7) is 8.93. The van der Waals surface area contributed by atoms with Gasteiger partial charge in [-0.05, 0) is 28.5 Å². The second-order valence-corrected chi connectivity index (χ2v) is 6.10. The molecule has 2 aromatic carbocycles. The smallest absolute Gasteiger partial charge is 0.0694 e. The van der Waals surface area contributed by atoms with Crippen LogP contribution in [0.5, 0.6) is 0 Å². The number of para-hydroxylation sites is 1. The maximum Gasteiger partial charge on any atom is 0.0694 e. The third kappa shape index (κ3) is 4.04. The van der Waals surface area contributed by atoms with Crippen molar-refractivity contribution in [3.63, 3.8) is 0 Å². The van der Waals surface area contributed by atoms with Crippen molar-refractivity contribution in [1.29, 1.82) is 0 Å².